The summed E-state index contributed by atoms with van der Waals surface area (Å²) in [5.41, 5.74) is 3.64. The van der Waals surface area contributed by atoms with Gasteiger partial charge in [0.15, 0.2) is 0 Å². The zero-order valence-corrected chi connectivity index (χ0v) is 16.7. The first-order chi connectivity index (χ1) is 14.4. The first-order valence-electron chi connectivity index (χ1n) is 9.24. The second kappa shape index (κ2) is 9.04. The van der Waals surface area contributed by atoms with Crippen molar-refractivity contribution in [3.63, 3.8) is 0 Å². The SMILES string of the molecule is C=C(C)/C=C(\C=C/C)c1n[nH]c2cc(NC(=O)NCc3ccc(F)cc3O)ncc12. The molecule has 3 rings (SSSR count). The third-order valence-electron chi connectivity index (χ3n) is 4.20. The van der Waals surface area contributed by atoms with Gasteiger partial charge >= 0.3 is 6.03 Å². The summed E-state index contributed by atoms with van der Waals surface area (Å²) in [6.45, 7) is 7.77. The standard InChI is InChI=1S/C22H22FN5O2/c1-4-5-14(8-13(2)3)21-17-12-24-20(10-18(17)27-28-21)26-22(30)25-11-15-6-7-16(23)9-19(15)29/h4-10,12,29H,2,11H2,1,3H3,(H,27,28)(H2,24,25,26,30)/b5-4-,14-8+. The second-order valence-electron chi connectivity index (χ2n) is 6.71. The van der Waals surface area contributed by atoms with Crippen molar-refractivity contribution in [1.29, 1.82) is 0 Å². The number of amides is 2. The highest BCUT2D eigenvalue weighted by Gasteiger charge is 2.12. The van der Waals surface area contributed by atoms with E-state index in [1.165, 1.54) is 12.1 Å². The molecular formula is C22H22FN5O2. The molecule has 0 saturated carbocycles. The van der Waals surface area contributed by atoms with E-state index in [9.17, 15) is 14.3 Å². The minimum Gasteiger partial charge on any atom is -0.507 e. The number of aromatic hydroxyl groups is 1. The quantitative estimate of drug-likeness (QED) is 0.446. The van der Waals surface area contributed by atoms with Crippen molar-refractivity contribution in [3.05, 3.63) is 77.9 Å². The Labute approximate surface area is 173 Å². The number of rotatable bonds is 6. The third kappa shape index (κ3) is 4.91. The monoisotopic (exact) mass is 407 g/mol. The molecule has 0 atom stereocenters. The van der Waals surface area contributed by atoms with Crippen molar-refractivity contribution in [3.8, 4) is 5.75 Å². The van der Waals surface area contributed by atoms with E-state index in [1.54, 1.807) is 12.3 Å². The number of fused-ring (bicyclic) bond motifs is 1. The second-order valence-corrected chi connectivity index (χ2v) is 6.71. The van der Waals surface area contributed by atoms with Gasteiger partial charge in [-0.1, -0.05) is 36.4 Å². The molecule has 0 aliphatic carbocycles. The number of nitrogens with zero attached hydrogens (tertiary/aromatic N) is 2. The number of carbonyl (C=O) groups is 1. The third-order valence-corrected chi connectivity index (χ3v) is 4.20. The molecule has 3 aromatic rings. The number of benzene rings is 1. The van der Waals surface area contributed by atoms with E-state index in [-0.39, 0.29) is 12.3 Å². The first kappa shape index (κ1) is 20.8. The zero-order valence-electron chi connectivity index (χ0n) is 16.7. The molecule has 0 aliphatic heterocycles. The molecule has 7 nitrogen and oxygen atoms in total. The van der Waals surface area contributed by atoms with E-state index in [4.69, 9.17) is 0 Å². The van der Waals surface area contributed by atoms with E-state index >= 15 is 0 Å². The molecule has 0 bridgehead atoms. The zero-order chi connectivity index (χ0) is 21.7. The molecule has 0 unspecified atom stereocenters. The van der Waals surface area contributed by atoms with Crippen molar-refractivity contribution in [1.82, 2.24) is 20.5 Å². The van der Waals surface area contributed by atoms with Crippen molar-refractivity contribution >= 4 is 28.3 Å². The number of hydrogen-bond acceptors (Lipinski definition) is 4. The van der Waals surface area contributed by atoms with Crippen LogP contribution in [-0.2, 0) is 6.54 Å². The Bertz CT molecular complexity index is 1160. The summed E-state index contributed by atoms with van der Waals surface area (Å²) in [6.07, 6.45) is 7.42. The van der Waals surface area contributed by atoms with E-state index in [1.807, 2.05) is 32.1 Å². The molecule has 0 fully saturated rings. The summed E-state index contributed by atoms with van der Waals surface area (Å²) in [6, 6.07) is 4.77. The van der Waals surface area contributed by atoms with Crippen LogP contribution in [0.15, 0.2) is 60.8 Å². The van der Waals surface area contributed by atoms with Crippen molar-refractivity contribution in [2.75, 3.05) is 5.32 Å². The summed E-state index contributed by atoms with van der Waals surface area (Å²) in [7, 11) is 0. The number of halogens is 1. The number of anilines is 1. The lowest BCUT2D eigenvalue weighted by atomic mass is 10.1. The van der Waals surface area contributed by atoms with E-state index in [0.29, 0.717) is 16.9 Å². The number of aromatic nitrogens is 3. The topological polar surface area (TPSA) is 103 Å². The normalized spacial score (nSPS) is 11.8. The predicted molar refractivity (Wildman–Crippen MR) is 115 cm³/mol. The number of phenols is 1. The molecule has 0 radical (unpaired) electrons. The molecule has 8 heteroatoms. The van der Waals surface area contributed by atoms with Crippen LogP contribution in [0.5, 0.6) is 5.75 Å². The number of phenolic OH excluding ortho intramolecular Hbond substituents is 1. The highest BCUT2D eigenvalue weighted by Crippen LogP contribution is 2.25. The molecule has 2 aromatic heterocycles. The Balaban J connectivity index is 1.73. The van der Waals surface area contributed by atoms with Crippen LogP contribution in [0.3, 0.4) is 0 Å². The van der Waals surface area contributed by atoms with Gasteiger partial charge in [-0.3, -0.25) is 10.4 Å². The van der Waals surface area contributed by atoms with Crippen LogP contribution in [0.2, 0.25) is 0 Å². The maximum Gasteiger partial charge on any atom is 0.320 e. The summed E-state index contributed by atoms with van der Waals surface area (Å²) in [5.74, 6) is -0.442. The molecule has 2 heterocycles. The van der Waals surface area contributed by atoms with Crippen molar-refractivity contribution in [2.24, 2.45) is 0 Å². The summed E-state index contributed by atoms with van der Waals surface area (Å²) >= 11 is 0. The van der Waals surface area contributed by atoms with Crippen LogP contribution in [0.1, 0.15) is 25.1 Å². The molecule has 0 aliphatic rings. The van der Waals surface area contributed by atoms with Crippen LogP contribution in [0.4, 0.5) is 15.0 Å². The molecule has 2 amide bonds. The molecule has 30 heavy (non-hydrogen) atoms. The molecule has 0 spiro atoms. The van der Waals surface area contributed by atoms with Crippen LogP contribution in [0.25, 0.3) is 16.5 Å². The number of H-pyrrole nitrogens is 1. The Morgan fingerprint density at radius 2 is 2.17 bits per heavy atom. The minimum atomic E-state index is -0.548. The van der Waals surface area contributed by atoms with Crippen molar-refractivity contribution in [2.45, 2.75) is 20.4 Å². The predicted octanol–water partition coefficient (Wildman–Crippen LogP) is 4.66. The fourth-order valence-electron chi connectivity index (χ4n) is 2.86. The average Bonchev–Trinajstić information content (AvgIpc) is 3.10. The van der Waals surface area contributed by atoms with E-state index in [2.05, 4.69) is 32.4 Å². The number of allylic oxidation sites excluding steroid dienone is 5. The fourth-order valence-corrected chi connectivity index (χ4v) is 2.86. The van der Waals surface area contributed by atoms with Crippen LogP contribution in [-0.4, -0.2) is 26.3 Å². The highest BCUT2D eigenvalue weighted by molar-refractivity contribution is 5.95. The fraction of sp³-hybridized carbons (Fsp3) is 0.136. The Kier molecular flexibility index (Phi) is 6.26. The number of nitrogens with one attached hydrogen (secondary N) is 3. The van der Waals surface area contributed by atoms with Gasteiger partial charge in [0.2, 0.25) is 0 Å². The van der Waals surface area contributed by atoms with Gasteiger partial charge in [-0.2, -0.15) is 5.10 Å². The van der Waals surface area contributed by atoms with Crippen molar-refractivity contribution < 1.29 is 14.3 Å². The van der Waals surface area contributed by atoms with Crippen LogP contribution < -0.4 is 10.6 Å². The van der Waals surface area contributed by atoms with E-state index in [0.717, 1.165) is 28.3 Å². The number of pyridine rings is 1. The lowest BCUT2D eigenvalue weighted by Crippen LogP contribution is -2.28. The van der Waals surface area contributed by atoms with Gasteiger partial charge in [0.25, 0.3) is 0 Å². The number of hydrogen-bond donors (Lipinski definition) is 4. The lowest BCUT2D eigenvalue weighted by molar-refractivity contribution is 0.251. The number of urea groups is 1. The van der Waals surface area contributed by atoms with Gasteiger partial charge in [0.1, 0.15) is 23.1 Å². The molecular weight excluding hydrogens is 385 g/mol. The Morgan fingerprint density at radius 3 is 2.87 bits per heavy atom. The Morgan fingerprint density at radius 1 is 1.37 bits per heavy atom. The Hall–Kier alpha value is -3.94. The first-order valence-corrected chi connectivity index (χ1v) is 9.24. The maximum atomic E-state index is 13.0. The average molecular weight is 407 g/mol. The van der Waals surface area contributed by atoms with Gasteiger partial charge in [0.05, 0.1) is 5.52 Å². The summed E-state index contributed by atoms with van der Waals surface area (Å²) < 4.78 is 13.0. The van der Waals surface area contributed by atoms with Crippen LogP contribution in [0, 0.1) is 5.82 Å². The summed E-state index contributed by atoms with van der Waals surface area (Å²) in [5, 5.41) is 23.0. The van der Waals surface area contributed by atoms with Gasteiger partial charge < -0.3 is 10.4 Å². The van der Waals surface area contributed by atoms with Gasteiger partial charge in [-0.15, -0.1) is 0 Å². The van der Waals surface area contributed by atoms with E-state index < -0.39 is 11.8 Å². The highest BCUT2D eigenvalue weighted by atomic mass is 19.1. The molecule has 1 aromatic carbocycles. The smallest absolute Gasteiger partial charge is 0.320 e. The molecule has 154 valence electrons. The minimum absolute atomic E-state index is 0.0345. The maximum absolute atomic E-state index is 13.0. The summed E-state index contributed by atoms with van der Waals surface area (Å²) in [4.78, 5) is 16.4. The van der Waals surface area contributed by atoms with Gasteiger partial charge in [0, 0.05) is 41.4 Å². The molecule has 0 saturated heterocycles. The largest absolute Gasteiger partial charge is 0.507 e. The molecule has 4 N–H and O–H groups in total. The number of carbonyl (C=O) groups excluding carboxylic acids is 1. The number of aromatic amines is 1. The van der Waals surface area contributed by atoms with Gasteiger partial charge in [-0.05, 0) is 19.9 Å². The lowest BCUT2D eigenvalue weighted by Gasteiger charge is -2.08. The van der Waals surface area contributed by atoms with Crippen LogP contribution >= 0.6 is 0 Å². The van der Waals surface area contributed by atoms with Gasteiger partial charge in [-0.25, -0.2) is 14.2 Å².